The van der Waals surface area contributed by atoms with E-state index in [0.29, 0.717) is 23.2 Å². The lowest BCUT2D eigenvalue weighted by Crippen LogP contribution is -2.28. The average Bonchev–Trinajstić information content (AvgIpc) is 4.03. The molecule has 1 aliphatic rings. The van der Waals surface area contributed by atoms with Crippen LogP contribution < -0.4 is 11.1 Å². The number of rotatable bonds is 25. The second-order valence-electron chi connectivity index (χ2n) is 15.1. The monoisotopic (exact) mass is 1740 g/mol. The van der Waals surface area contributed by atoms with Gasteiger partial charge in [-0.3, -0.25) is 0 Å². The first-order valence-corrected chi connectivity index (χ1v) is 90.6. The van der Waals surface area contributed by atoms with Gasteiger partial charge in [0.05, 0.1) is 28.6 Å². The summed E-state index contributed by atoms with van der Waals surface area (Å²) in [4.78, 5) is 9.06. The van der Waals surface area contributed by atoms with Gasteiger partial charge in [0.15, 0.2) is 21.3 Å². The third kappa shape index (κ3) is 24.7. The average molecular weight is 1740 g/mol. The Balaban J connectivity index is 0.000000324. The number of aromatic nitrogens is 4. The number of nitrogens with one attached hydrogen (secondary N) is 1. The first-order valence-electron chi connectivity index (χ1n) is 20.6. The molecule has 1 fully saturated rings. The normalized spacial score (nSPS) is 15.1. The van der Waals surface area contributed by atoms with E-state index in [1.54, 1.807) is 38.1 Å². The van der Waals surface area contributed by atoms with Gasteiger partial charge in [-0.1, -0.05) is 24.3 Å². The molecule has 0 aliphatic carbocycles. The summed E-state index contributed by atoms with van der Waals surface area (Å²) in [6, 6.07) is 14.8. The van der Waals surface area contributed by atoms with E-state index in [9.17, 15) is 8.42 Å². The maximum Gasteiger partial charge on any atom is 0.270 e. The molecule has 0 radical (unpaired) electrons. The number of nitrogens with two attached hydrogens (primary N) is 1. The largest absolute Gasteiger partial charge is 0.414 e. The van der Waals surface area contributed by atoms with E-state index in [2.05, 4.69) is 204 Å². The van der Waals surface area contributed by atoms with Crippen LogP contribution in [-0.4, -0.2) is 53.1 Å². The molecule has 0 bridgehead atoms. The minimum absolute atomic E-state index is 0.0326. The van der Waals surface area contributed by atoms with Crippen LogP contribution in [0.15, 0.2) is 64.0 Å². The third-order valence-corrected chi connectivity index (χ3v) is 266. The van der Waals surface area contributed by atoms with E-state index in [4.69, 9.17) is 14.9 Å². The molecule has 2 aromatic heterocycles. The van der Waals surface area contributed by atoms with Crippen molar-refractivity contribution in [1.29, 1.82) is 0 Å². The number of ether oxygens (including phenoxy) is 1. The van der Waals surface area contributed by atoms with Gasteiger partial charge in [0.2, 0.25) is 5.89 Å². The summed E-state index contributed by atoms with van der Waals surface area (Å²) in [7, 11) is 64.1. The molecule has 1 aliphatic heterocycles. The molecule has 422 valence electrons. The Morgan fingerprint density at radius 2 is 0.960 bits per heavy atom. The predicted molar refractivity (Wildman–Crippen MR) is 458 cm³/mol. The quantitative estimate of drug-likeness (QED) is 0.0615. The number of nitrogens with zero attached hydrogens (tertiary/aromatic N) is 4. The Labute approximate surface area is 514 Å². The summed E-state index contributed by atoms with van der Waals surface area (Å²) in [5.41, 5.74) is 9.43. The summed E-state index contributed by atoms with van der Waals surface area (Å²) in [6.45, 7) is 4.17. The van der Waals surface area contributed by atoms with Gasteiger partial charge in [0.1, 0.15) is 0 Å². The Morgan fingerprint density at radius 3 is 1.33 bits per heavy atom. The predicted octanol–water partition coefficient (Wildman–Crippen LogP) is 25.5. The number of sulfone groups is 1. The zero-order chi connectivity index (χ0) is 56.4. The van der Waals surface area contributed by atoms with Crippen LogP contribution in [0.1, 0.15) is 25.8 Å². The maximum absolute atomic E-state index is 12.4. The van der Waals surface area contributed by atoms with Gasteiger partial charge in [-0.15, -0.1) is 189 Å². The fourth-order valence-electron chi connectivity index (χ4n) is 6.10. The molecule has 3 heterocycles. The Morgan fingerprint density at radius 1 is 0.573 bits per heavy atom. The van der Waals surface area contributed by atoms with Gasteiger partial charge in [-0.25, -0.2) is 18.4 Å². The molecule has 49 heteroatoms. The molecule has 2 aromatic carbocycles. The molecule has 1 saturated heterocycles. The fourth-order valence-corrected chi connectivity index (χ4v) is 531. The molecule has 75 heavy (non-hydrogen) atoms. The highest BCUT2D eigenvalue weighted by Crippen LogP contribution is 3.42. The SMILES string of the molecule is CC(C)S(=O)(=O)c1ccc(-c2cnc(N)c(-c3nnc(-c4ccc(CN[C@H]5CCOC5)cc4)o3)n2)cc1.PP(P)P(P(P)P)P(P(P(P)P)P(P)P)P(P(P(P)P)P(P)P)P(P(P(P)P)P(P)P)P(P(P)P)P(P)P. The van der Waals surface area contributed by atoms with Crippen LogP contribution in [0.5, 0.6) is 0 Å². The van der Waals surface area contributed by atoms with Crippen molar-refractivity contribution in [2.24, 2.45) is 0 Å². The second-order valence-corrected chi connectivity index (χ2v) is 172. The Hall–Kier alpha value is 12.7. The number of nitrogen functional groups attached to an aromatic ring is 1. The number of hydrogen-bond acceptors (Lipinski definition) is 10. The Kier molecular flexibility index (Phi) is 43.0. The van der Waals surface area contributed by atoms with Crippen LogP contribution >= 0.6 is 304 Å². The Bertz CT molecular complexity index is 2340. The highest BCUT2D eigenvalue weighted by molar-refractivity contribution is 9.48. The van der Waals surface area contributed by atoms with Crippen molar-refractivity contribution >= 4 is 320 Å². The van der Waals surface area contributed by atoms with Gasteiger partial charge in [0, 0.05) is 30.3 Å². The first-order chi connectivity index (χ1) is 35.0. The van der Waals surface area contributed by atoms with Gasteiger partial charge >= 0.3 is 0 Å². The van der Waals surface area contributed by atoms with Gasteiger partial charge < -0.3 is 20.2 Å². The van der Waals surface area contributed by atoms with Crippen LogP contribution in [0.4, 0.5) is 5.82 Å². The lowest BCUT2D eigenvalue weighted by molar-refractivity contribution is 0.190. The summed E-state index contributed by atoms with van der Waals surface area (Å²) >= 11 is 0. The summed E-state index contributed by atoms with van der Waals surface area (Å²) < 4.78 is 36.1. The van der Waals surface area contributed by atoms with Crippen molar-refractivity contribution in [3.8, 4) is 34.3 Å². The molecule has 3 N–H and O–H groups in total. The van der Waals surface area contributed by atoms with Crippen molar-refractivity contribution in [3.05, 3.63) is 60.3 Å². The number of benzene rings is 2. The fraction of sp³-hybridized carbons (Fsp3) is 0.308. The van der Waals surface area contributed by atoms with Crippen LogP contribution in [-0.2, 0) is 21.1 Å². The number of hydrogen-bond donors (Lipinski definition) is 2. The van der Waals surface area contributed by atoms with E-state index >= 15 is 0 Å². The lowest BCUT2D eigenvalue weighted by Gasteiger charge is -2.55. The standard InChI is InChI=1S/C26H28N6O4S.H40P38/c1-16(2)37(33,34)21-9-7-18(8-10-21)22-14-29-24(27)23(30-22)26-32-31-25(36-26)19-5-3-17(4-6-19)13-28-20-11-12-35-15-20;1-21(2)31(22(3)4)36(32(23(5)6)24(7)8)38(35(29(17)18)30(19)20)37(33(25(9)10)26(11)12)34(27(13)14)28(15)16/h3-10,14,16,20,28H,11-13,15H2,1-2H3,(H2,27,29);1-20H2/t20-;/m0./s1. The maximum atomic E-state index is 12.4. The van der Waals surface area contributed by atoms with Crippen molar-refractivity contribution in [2.45, 2.75) is 43.0 Å². The minimum atomic E-state index is -3.37. The van der Waals surface area contributed by atoms with E-state index in [1.807, 2.05) is 24.3 Å². The third-order valence-electron chi connectivity index (χ3n) is 9.44. The van der Waals surface area contributed by atoms with E-state index in [0.717, 1.165) is 37.3 Å². The van der Waals surface area contributed by atoms with Gasteiger partial charge in [-0.2, -0.15) is 0 Å². The zero-order valence-electron chi connectivity index (χ0n) is 40.2. The van der Waals surface area contributed by atoms with Crippen LogP contribution in [0, 0.1) is 0 Å². The summed E-state index contributed by atoms with van der Waals surface area (Å²) in [5.74, 6) is 0.636. The van der Waals surface area contributed by atoms with E-state index in [-0.39, 0.29) is 148 Å². The van der Waals surface area contributed by atoms with Crippen LogP contribution in [0.3, 0.4) is 0 Å². The van der Waals surface area contributed by atoms with Crippen molar-refractivity contribution in [3.63, 3.8) is 0 Å². The van der Waals surface area contributed by atoms with Crippen LogP contribution in [0.2, 0.25) is 0 Å². The van der Waals surface area contributed by atoms with Gasteiger partial charge in [0.25, 0.3) is 5.89 Å². The van der Waals surface area contributed by atoms with Gasteiger partial charge in [-0.05, 0) is 176 Å². The molecule has 21 atom stereocenters. The molecule has 10 nitrogen and oxygen atoms in total. The highest BCUT2D eigenvalue weighted by atomic mass is 33.5. The van der Waals surface area contributed by atoms with E-state index < -0.39 is 15.1 Å². The molecule has 0 spiro atoms. The number of anilines is 1. The topological polar surface area (TPSA) is 146 Å². The van der Waals surface area contributed by atoms with E-state index in [1.165, 1.54) is 6.20 Å². The smallest absolute Gasteiger partial charge is 0.270 e. The lowest BCUT2D eigenvalue weighted by atomic mass is 10.1. The first kappa shape index (κ1) is 80.1. The summed E-state index contributed by atoms with van der Waals surface area (Å²) in [5, 5.41) is 11.3. The molecular formula is C26H68N6O4P38S. The second kappa shape index (κ2) is 40.3. The highest BCUT2D eigenvalue weighted by Gasteiger charge is 2.54. The molecule has 0 amide bonds. The van der Waals surface area contributed by atoms with Crippen LogP contribution in [0.25, 0.3) is 34.3 Å². The van der Waals surface area contributed by atoms with Crippen molar-refractivity contribution < 1.29 is 17.6 Å². The summed E-state index contributed by atoms with van der Waals surface area (Å²) in [6.07, 6.45) is 2.55. The molecule has 20 unspecified atom stereocenters. The minimum Gasteiger partial charge on any atom is -0.414 e. The van der Waals surface area contributed by atoms with Crippen molar-refractivity contribution in [1.82, 2.24) is 25.5 Å². The molecular weight excluding hydrogens is 1670 g/mol. The van der Waals surface area contributed by atoms with Crippen molar-refractivity contribution in [2.75, 3.05) is 18.9 Å². The molecule has 4 aromatic rings. The molecule has 0 saturated carbocycles. The zero-order valence-corrected chi connectivity index (χ0v) is 80.2. The molecule has 5 rings (SSSR count).